The Hall–Kier alpha value is -2.59. The van der Waals surface area contributed by atoms with Gasteiger partial charge in [-0.1, -0.05) is 59.6 Å². The van der Waals surface area contributed by atoms with E-state index in [0.717, 1.165) is 40.1 Å². The van der Waals surface area contributed by atoms with Crippen LogP contribution in [0.15, 0.2) is 79.0 Å². The molecule has 5 heteroatoms. The van der Waals surface area contributed by atoms with E-state index in [1.165, 1.54) is 37.1 Å². The number of rotatable bonds is 7. The Morgan fingerprint density at radius 2 is 1.48 bits per heavy atom. The summed E-state index contributed by atoms with van der Waals surface area (Å²) in [4.78, 5) is 7.05. The van der Waals surface area contributed by atoms with Gasteiger partial charge in [-0.3, -0.25) is 4.98 Å². The Labute approximate surface area is 205 Å². The summed E-state index contributed by atoms with van der Waals surface area (Å²) in [6.45, 7) is 3.63. The quantitative estimate of drug-likeness (QED) is 0.302. The summed E-state index contributed by atoms with van der Waals surface area (Å²) >= 11 is 12.4. The molecule has 33 heavy (non-hydrogen) atoms. The van der Waals surface area contributed by atoms with Crippen molar-refractivity contribution in [1.82, 2.24) is 9.88 Å². The number of fused-ring (bicyclic) bond motifs is 1. The summed E-state index contributed by atoms with van der Waals surface area (Å²) in [7, 11) is 0. The van der Waals surface area contributed by atoms with Crippen LogP contribution in [0.25, 0.3) is 10.9 Å². The number of halogens is 2. The number of hydrogen-bond acceptors (Lipinski definition) is 3. The van der Waals surface area contributed by atoms with Gasteiger partial charge in [0.05, 0.1) is 11.6 Å². The zero-order valence-electron chi connectivity index (χ0n) is 18.5. The summed E-state index contributed by atoms with van der Waals surface area (Å²) in [5, 5.41) is 6.22. The second kappa shape index (κ2) is 10.1. The molecule has 1 atom stereocenters. The number of anilines is 1. The molecule has 1 fully saturated rings. The minimum atomic E-state index is -0.0174. The van der Waals surface area contributed by atoms with Crippen LogP contribution in [0.3, 0.4) is 0 Å². The normalized spacial score (nSPS) is 15.1. The van der Waals surface area contributed by atoms with Crippen LogP contribution in [0.1, 0.15) is 35.6 Å². The van der Waals surface area contributed by atoms with E-state index < -0.39 is 0 Å². The highest BCUT2D eigenvalue weighted by molar-refractivity contribution is 6.31. The maximum atomic E-state index is 6.19. The van der Waals surface area contributed by atoms with Gasteiger partial charge in [0, 0.05) is 33.9 Å². The molecule has 1 saturated heterocycles. The van der Waals surface area contributed by atoms with Crippen LogP contribution in [0.5, 0.6) is 0 Å². The van der Waals surface area contributed by atoms with Gasteiger partial charge in [-0.2, -0.15) is 0 Å². The largest absolute Gasteiger partial charge is 0.374 e. The van der Waals surface area contributed by atoms with Crippen LogP contribution in [0.2, 0.25) is 10.0 Å². The van der Waals surface area contributed by atoms with Crippen molar-refractivity contribution in [3.8, 4) is 0 Å². The van der Waals surface area contributed by atoms with Crippen molar-refractivity contribution in [1.29, 1.82) is 0 Å². The summed E-state index contributed by atoms with van der Waals surface area (Å²) in [6.07, 6.45) is 5.59. The number of likely N-dealkylation sites (tertiary alicyclic amines) is 1. The van der Waals surface area contributed by atoms with Crippen molar-refractivity contribution < 1.29 is 0 Å². The molecule has 4 aromatic rings. The molecule has 0 spiro atoms. The molecule has 3 nitrogen and oxygen atoms in total. The maximum Gasteiger partial charge on any atom is 0.0767 e. The minimum absolute atomic E-state index is 0.0174. The first-order valence-corrected chi connectivity index (χ1v) is 12.3. The molecule has 1 aromatic heterocycles. The summed E-state index contributed by atoms with van der Waals surface area (Å²) < 4.78 is 0. The highest BCUT2D eigenvalue weighted by atomic mass is 35.5. The third kappa shape index (κ3) is 5.33. The van der Waals surface area contributed by atoms with Gasteiger partial charge in [0.25, 0.3) is 0 Å². The molecular formula is C28H27Cl2N3. The van der Waals surface area contributed by atoms with Crippen LogP contribution < -0.4 is 5.32 Å². The molecule has 2 heterocycles. The predicted octanol–water partition coefficient (Wildman–Crippen LogP) is 7.38. The molecule has 0 amide bonds. The van der Waals surface area contributed by atoms with Crippen molar-refractivity contribution in [2.24, 2.45) is 0 Å². The highest BCUT2D eigenvalue weighted by Crippen LogP contribution is 2.32. The van der Waals surface area contributed by atoms with Gasteiger partial charge >= 0.3 is 0 Å². The lowest BCUT2D eigenvalue weighted by atomic mass is 9.96. The zero-order chi connectivity index (χ0) is 22.6. The van der Waals surface area contributed by atoms with Crippen molar-refractivity contribution in [3.05, 3.63) is 106 Å². The van der Waals surface area contributed by atoms with Gasteiger partial charge in [0.15, 0.2) is 0 Å². The Morgan fingerprint density at radius 3 is 2.21 bits per heavy atom. The molecule has 1 aliphatic rings. The van der Waals surface area contributed by atoms with E-state index in [9.17, 15) is 0 Å². The van der Waals surface area contributed by atoms with Crippen molar-refractivity contribution in [2.75, 3.05) is 25.0 Å². The highest BCUT2D eigenvalue weighted by Gasteiger charge is 2.17. The van der Waals surface area contributed by atoms with Crippen molar-refractivity contribution >= 4 is 39.8 Å². The summed E-state index contributed by atoms with van der Waals surface area (Å²) in [5.41, 5.74) is 5.64. The summed E-state index contributed by atoms with van der Waals surface area (Å²) in [5.74, 6) is 0. The van der Waals surface area contributed by atoms with E-state index in [0.29, 0.717) is 5.02 Å². The zero-order valence-corrected chi connectivity index (χ0v) is 20.0. The van der Waals surface area contributed by atoms with Crippen LogP contribution in [-0.2, 0) is 6.42 Å². The Morgan fingerprint density at radius 1 is 0.818 bits per heavy atom. The lowest BCUT2D eigenvalue weighted by Crippen LogP contribution is -2.21. The second-order valence-electron chi connectivity index (χ2n) is 8.69. The second-order valence-corrected chi connectivity index (χ2v) is 9.56. The molecule has 1 aliphatic heterocycles. The van der Waals surface area contributed by atoms with E-state index in [1.54, 1.807) is 0 Å². The van der Waals surface area contributed by atoms with Crippen LogP contribution in [0, 0.1) is 0 Å². The molecule has 5 rings (SSSR count). The van der Waals surface area contributed by atoms with E-state index in [2.05, 4.69) is 51.6 Å². The van der Waals surface area contributed by atoms with E-state index in [1.807, 2.05) is 42.6 Å². The summed E-state index contributed by atoms with van der Waals surface area (Å²) in [6, 6.07) is 24.9. The van der Waals surface area contributed by atoms with Crippen molar-refractivity contribution in [2.45, 2.75) is 25.3 Å². The molecular weight excluding hydrogens is 449 g/mol. The molecule has 3 aromatic carbocycles. The first-order valence-electron chi connectivity index (χ1n) is 11.5. The predicted molar refractivity (Wildman–Crippen MR) is 139 cm³/mol. The molecule has 0 radical (unpaired) electrons. The average Bonchev–Trinajstić information content (AvgIpc) is 3.36. The topological polar surface area (TPSA) is 28.2 Å². The average molecular weight is 476 g/mol. The van der Waals surface area contributed by atoms with Gasteiger partial charge in [0.2, 0.25) is 0 Å². The van der Waals surface area contributed by atoms with E-state index in [4.69, 9.17) is 23.2 Å². The molecule has 1 unspecified atom stereocenters. The Kier molecular flexibility index (Phi) is 6.82. The SMILES string of the molecule is Clc1ccc(C(Nc2ccnc3cc(Cl)ccc23)c2ccc(CCN3CCCC3)cc2)cc1. The monoisotopic (exact) mass is 475 g/mol. The first kappa shape index (κ1) is 22.2. The first-order chi connectivity index (χ1) is 16.2. The van der Waals surface area contributed by atoms with Gasteiger partial charge in [-0.15, -0.1) is 0 Å². The fourth-order valence-corrected chi connectivity index (χ4v) is 4.88. The molecule has 168 valence electrons. The maximum absolute atomic E-state index is 6.19. The standard InChI is InChI=1S/C28H27Cl2N3/c29-23-9-7-22(8-10-23)28(32-26-13-15-31-27-19-24(30)11-12-25(26)27)21-5-3-20(4-6-21)14-18-33-16-1-2-17-33/h3-13,15,19,28H,1-2,14,16-18H2,(H,31,32). The molecule has 0 bridgehead atoms. The lowest BCUT2D eigenvalue weighted by Gasteiger charge is -2.23. The fourth-order valence-electron chi connectivity index (χ4n) is 4.59. The van der Waals surface area contributed by atoms with Crippen LogP contribution in [0.4, 0.5) is 5.69 Å². The number of aromatic nitrogens is 1. The minimum Gasteiger partial charge on any atom is -0.374 e. The Bertz CT molecular complexity index is 1220. The third-order valence-electron chi connectivity index (χ3n) is 6.44. The van der Waals surface area contributed by atoms with Gasteiger partial charge in [-0.25, -0.2) is 0 Å². The van der Waals surface area contributed by atoms with E-state index in [-0.39, 0.29) is 6.04 Å². The molecule has 0 aliphatic carbocycles. The van der Waals surface area contributed by atoms with Crippen molar-refractivity contribution in [3.63, 3.8) is 0 Å². The molecule has 1 N–H and O–H groups in total. The van der Waals surface area contributed by atoms with Gasteiger partial charge < -0.3 is 10.2 Å². The fraction of sp³-hybridized carbons (Fsp3) is 0.250. The van der Waals surface area contributed by atoms with Crippen LogP contribution >= 0.6 is 23.2 Å². The lowest BCUT2D eigenvalue weighted by molar-refractivity contribution is 0.343. The number of nitrogens with zero attached hydrogens (tertiary/aromatic N) is 2. The van der Waals surface area contributed by atoms with E-state index >= 15 is 0 Å². The number of benzene rings is 3. The van der Waals surface area contributed by atoms with Gasteiger partial charge in [-0.05, 0) is 85.4 Å². The number of hydrogen-bond donors (Lipinski definition) is 1. The van der Waals surface area contributed by atoms with Gasteiger partial charge in [0.1, 0.15) is 0 Å². The van der Waals surface area contributed by atoms with Crippen LogP contribution in [-0.4, -0.2) is 29.5 Å². The molecule has 0 saturated carbocycles. The number of nitrogens with one attached hydrogen (secondary N) is 1. The smallest absolute Gasteiger partial charge is 0.0767 e. The third-order valence-corrected chi connectivity index (χ3v) is 6.92. The Balaban J connectivity index is 1.43. The number of pyridine rings is 1.